The highest BCUT2D eigenvalue weighted by Gasteiger charge is 2.21. The molecular formula is C23H27N3O3. The van der Waals surface area contributed by atoms with E-state index < -0.39 is 0 Å². The second kappa shape index (κ2) is 7.99. The minimum absolute atomic E-state index is 0.200. The van der Waals surface area contributed by atoms with Gasteiger partial charge in [0.2, 0.25) is 0 Å². The molecule has 0 radical (unpaired) electrons. The van der Waals surface area contributed by atoms with Gasteiger partial charge in [0.25, 0.3) is 11.5 Å². The lowest BCUT2D eigenvalue weighted by molar-refractivity contribution is 0.102. The number of rotatable bonds is 5. The SMILES string of the molecule is COc1cc(C)c(C(=O)Nc2c(C)n(C)n(-c3ccccc3)c2=O)cc1C(C)C. The van der Waals surface area contributed by atoms with E-state index in [-0.39, 0.29) is 23.1 Å². The molecule has 29 heavy (non-hydrogen) atoms. The number of methoxy groups -OCH3 is 1. The number of anilines is 1. The minimum Gasteiger partial charge on any atom is -0.496 e. The normalized spacial score (nSPS) is 11.0. The van der Waals surface area contributed by atoms with Crippen molar-refractivity contribution in [3.05, 3.63) is 75.2 Å². The molecule has 6 heteroatoms. The molecule has 3 aromatic rings. The number of nitrogens with one attached hydrogen (secondary N) is 1. The van der Waals surface area contributed by atoms with Crippen molar-refractivity contribution in [2.24, 2.45) is 7.05 Å². The van der Waals surface area contributed by atoms with Crippen molar-refractivity contribution in [1.82, 2.24) is 9.36 Å². The number of para-hydroxylation sites is 1. The van der Waals surface area contributed by atoms with E-state index in [9.17, 15) is 9.59 Å². The molecule has 1 aromatic heterocycles. The van der Waals surface area contributed by atoms with E-state index in [1.807, 2.05) is 56.3 Å². The van der Waals surface area contributed by atoms with Crippen molar-refractivity contribution in [3.8, 4) is 11.4 Å². The summed E-state index contributed by atoms with van der Waals surface area (Å²) >= 11 is 0. The van der Waals surface area contributed by atoms with Crippen molar-refractivity contribution in [3.63, 3.8) is 0 Å². The number of amides is 1. The van der Waals surface area contributed by atoms with Crippen LogP contribution < -0.4 is 15.6 Å². The first-order valence-corrected chi connectivity index (χ1v) is 9.60. The van der Waals surface area contributed by atoms with Gasteiger partial charge in [-0.05, 0) is 55.2 Å². The third kappa shape index (κ3) is 3.70. The Morgan fingerprint density at radius 3 is 2.34 bits per heavy atom. The monoisotopic (exact) mass is 393 g/mol. The molecular weight excluding hydrogens is 366 g/mol. The van der Waals surface area contributed by atoms with Crippen LogP contribution in [0.15, 0.2) is 47.3 Å². The molecule has 1 heterocycles. The average molecular weight is 393 g/mol. The lowest BCUT2D eigenvalue weighted by atomic mass is 9.96. The van der Waals surface area contributed by atoms with Gasteiger partial charge in [-0.15, -0.1) is 0 Å². The average Bonchev–Trinajstić information content (AvgIpc) is 2.91. The van der Waals surface area contributed by atoms with Crippen molar-refractivity contribution in [1.29, 1.82) is 0 Å². The van der Waals surface area contributed by atoms with Crippen LogP contribution in [0.1, 0.15) is 46.9 Å². The third-order valence-corrected chi connectivity index (χ3v) is 5.24. The van der Waals surface area contributed by atoms with Gasteiger partial charge in [0.15, 0.2) is 0 Å². The number of nitrogens with zero attached hydrogens (tertiary/aromatic N) is 2. The molecule has 0 atom stereocenters. The molecule has 152 valence electrons. The van der Waals surface area contributed by atoms with Gasteiger partial charge in [-0.3, -0.25) is 14.3 Å². The van der Waals surface area contributed by atoms with Gasteiger partial charge < -0.3 is 10.1 Å². The van der Waals surface area contributed by atoms with Gasteiger partial charge in [0.05, 0.1) is 18.5 Å². The van der Waals surface area contributed by atoms with Crippen molar-refractivity contribution in [2.75, 3.05) is 12.4 Å². The lowest BCUT2D eigenvalue weighted by Gasteiger charge is -2.15. The predicted molar refractivity (Wildman–Crippen MR) is 116 cm³/mol. The molecule has 0 saturated carbocycles. The molecule has 1 N–H and O–H groups in total. The number of carbonyl (C=O) groups excluding carboxylic acids is 1. The first-order chi connectivity index (χ1) is 13.8. The molecule has 0 unspecified atom stereocenters. The molecule has 0 spiro atoms. The Kier molecular flexibility index (Phi) is 5.64. The number of aryl methyl sites for hydroxylation is 1. The summed E-state index contributed by atoms with van der Waals surface area (Å²) in [5.74, 6) is 0.653. The highest BCUT2D eigenvalue weighted by Crippen LogP contribution is 2.30. The van der Waals surface area contributed by atoms with Crippen LogP contribution in [0.3, 0.4) is 0 Å². The molecule has 3 rings (SSSR count). The fraction of sp³-hybridized carbons (Fsp3) is 0.304. The first-order valence-electron chi connectivity index (χ1n) is 9.60. The van der Waals surface area contributed by atoms with Crippen LogP contribution in [0.2, 0.25) is 0 Å². The van der Waals surface area contributed by atoms with Crippen LogP contribution in [0.25, 0.3) is 5.69 Å². The second-order valence-electron chi connectivity index (χ2n) is 7.45. The number of hydrogen-bond donors (Lipinski definition) is 1. The van der Waals surface area contributed by atoms with Gasteiger partial charge in [-0.2, -0.15) is 0 Å². The summed E-state index contributed by atoms with van der Waals surface area (Å²) in [7, 11) is 3.43. The Morgan fingerprint density at radius 2 is 1.76 bits per heavy atom. The molecule has 0 aliphatic carbocycles. The summed E-state index contributed by atoms with van der Waals surface area (Å²) in [5.41, 5.74) is 3.72. The molecule has 0 bridgehead atoms. The number of hydrogen-bond acceptors (Lipinski definition) is 3. The summed E-state index contributed by atoms with van der Waals surface area (Å²) < 4.78 is 8.75. The summed E-state index contributed by atoms with van der Waals surface area (Å²) in [6.07, 6.45) is 0. The zero-order valence-corrected chi connectivity index (χ0v) is 17.7. The van der Waals surface area contributed by atoms with Gasteiger partial charge in [0, 0.05) is 12.6 Å². The van der Waals surface area contributed by atoms with E-state index in [2.05, 4.69) is 19.2 Å². The van der Waals surface area contributed by atoms with Crippen molar-refractivity contribution in [2.45, 2.75) is 33.6 Å². The zero-order valence-electron chi connectivity index (χ0n) is 17.7. The van der Waals surface area contributed by atoms with E-state index in [4.69, 9.17) is 4.74 Å². The van der Waals surface area contributed by atoms with E-state index in [0.29, 0.717) is 11.3 Å². The quantitative estimate of drug-likeness (QED) is 0.707. The van der Waals surface area contributed by atoms with Crippen molar-refractivity contribution >= 4 is 11.6 Å². The maximum absolute atomic E-state index is 13.1. The van der Waals surface area contributed by atoms with E-state index in [1.165, 1.54) is 0 Å². The lowest BCUT2D eigenvalue weighted by Crippen LogP contribution is -2.23. The van der Waals surface area contributed by atoms with Crippen LogP contribution in [0.5, 0.6) is 5.75 Å². The Labute approximate surface area is 170 Å². The van der Waals surface area contributed by atoms with Gasteiger partial charge in [-0.1, -0.05) is 32.0 Å². The molecule has 0 saturated heterocycles. The Balaban J connectivity index is 2.03. The van der Waals surface area contributed by atoms with Crippen LogP contribution in [-0.2, 0) is 7.05 Å². The maximum atomic E-state index is 13.1. The Hall–Kier alpha value is -3.28. The minimum atomic E-state index is -0.307. The van der Waals surface area contributed by atoms with Crippen molar-refractivity contribution < 1.29 is 9.53 Å². The molecule has 6 nitrogen and oxygen atoms in total. The molecule has 0 aliphatic rings. The maximum Gasteiger partial charge on any atom is 0.295 e. The summed E-state index contributed by atoms with van der Waals surface area (Å²) in [5, 5.41) is 2.84. The van der Waals surface area contributed by atoms with Crippen LogP contribution >= 0.6 is 0 Å². The van der Waals surface area contributed by atoms with Crippen LogP contribution in [0.4, 0.5) is 5.69 Å². The van der Waals surface area contributed by atoms with E-state index in [1.54, 1.807) is 23.5 Å². The summed E-state index contributed by atoms with van der Waals surface area (Å²) in [6.45, 7) is 7.78. The smallest absolute Gasteiger partial charge is 0.295 e. The third-order valence-electron chi connectivity index (χ3n) is 5.24. The van der Waals surface area contributed by atoms with Crippen LogP contribution in [0, 0.1) is 13.8 Å². The highest BCUT2D eigenvalue weighted by atomic mass is 16.5. The number of aromatic nitrogens is 2. The fourth-order valence-electron chi connectivity index (χ4n) is 3.46. The topological polar surface area (TPSA) is 65.3 Å². The van der Waals surface area contributed by atoms with Gasteiger partial charge in [-0.25, -0.2) is 4.68 Å². The predicted octanol–water partition coefficient (Wildman–Crippen LogP) is 4.18. The molecule has 0 fully saturated rings. The van der Waals surface area contributed by atoms with Gasteiger partial charge >= 0.3 is 0 Å². The number of benzene rings is 2. The number of ether oxygens (including phenoxy) is 1. The first kappa shape index (κ1) is 20.5. The van der Waals surface area contributed by atoms with Crippen LogP contribution in [-0.4, -0.2) is 22.4 Å². The van der Waals surface area contributed by atoms with Gasteiger partial charge in [0.1, 0.15) is 11.4 Å². The second-order valence-corrected chi connectivity index (χ2v) is 7.45. The Morgan fingerprint density at radius 1 is 1.10 bits per heavy atom. The van der Waals surface area contributed by atoms with E-state index >= 15 is 0 Å². The molecule has 1 amide bonds. The Bertz CT molecular complexity index is 1110. The molecule has 2 aromatic carbocycles. The van der Waals surface area contributed by atoms with E-state index in [0.717, 1.165) is 22.6 Å². The largest absolute Gasteiger partial charge is 0.496 e. The number of carbonyl (C=O) groups is 1. The summed E-state index contributed by atoms with van der Waals surface area (Å²) in [6, 6.07) is 13.1. The molecule has 0 aliphatic heterocycles. The summed E-state index contributed by atoms with van der Waals surface area (Å²) in [4.78, 5) is 26.1. The fourth-order valence-corrected chi connectivity index (χ4v) is 3.46. The standard InChI is InChI=1S/C23H27N3O3/c1-14(2)18-13-19(15(3)12-20(18)29-6)22(27)24-21-16(4)25(5)26(23(21)28)17-10-8-7-9-11-17/h7-14H,1-6H3,(H,24,27). The highest BCUT2D eigenvalue weighted by molar-refractivity contribution is 6.05. The zero-order chi connectivity index (χ0) is 21.3.